The lowest BCUT2D eigenvalue weighted by atomic mass is 10.1. The minimum atomic E-state index is -0.213. The highest BCUT2D eigenvalue weighted by Gasteiger charge is 2.30. The third-order valence-electron chi connectivity index (χ3n) is 5.81. The molecule has 0 spiro atoms. The first-order chi connectivity index (χ1) is 14.1. The minimum absolute atomic E-state index is 0.213. The van der Waals surface area contributed by atoms with Gasteiger partial charge in [-0.25, -0.2) is 9.37 Å². The SMILES string of the molecule is Cn1c(CCN2C(=O)CCC2CCNCc2ccc(F)cc2)nc2ccccc21. The van der Waals surface area contributed by atoms with Gasteiger partial charge >= 0.3 is 0 Å². The number of imidazole rings is 1. The first-order valence-electron chi connectivity index (χ1n) is 10.3. The number of halogens is 1. The monoisotopic (exact) mass is 394 g/mol. The van der Waals surface area contributed by atoms with Crippen LogP contribution in [0.2, 0.25) is 0 Å². The highest BCUT2D eigenvalue weighted by molar-refractivity contribution is 5.79. The van der Waals surface area contributed by atoms with Crippen LogP contribution in [0.25, 0.3) is 11.0 Å². The number of nitrogens with one attached hydrogen (secondary N) is 1. The van der Waals surface area contributed by atoms with Crippen molar-refractivity contribution in [2.45, 2.75) is 38.3 Å². The van der Waals surface area contributed by atoms with Crippen LogP contribution in [0.3, 0.4) is 0 Å². The maximum absolute atomic E-state index is 13.0. The van der Waals surface area contributed by atoms with Crippen LogP contribution < -0.4 is 5.32 Å². The zero-order valence-corrected chi connectivity index (χ0v) is 16.8. The topological polar surface area (TPSA) is 50.2 Å². The van der Waals surface area contributed by atoms with Gasteiger partial charge in [0, 0.05) is 39.0 Å². The van der Waals surface area contributed by atoms with E-state index in [1.165, 1.54) is 12.1 Å². The Balaban J connectivity index is 1.29. The standard InChI is InChI=1S/C23H27FN4O/c1-27-21-5-3-2-4-20(21)26-22(27)13-15-28-19(10-11-23(28)29)12-14-25-16-17-6-8-18(24)9-7-17/h2-9,19,25H,10-16H2,1H3. The van der Waals surface area contributed by atoms with Crippen LogP contribution in [-0.4, -0.2) is 39.5 Å². The average Bonchev–Trinajstić information content (AvgIpc) is 3.25. The van der Waals surface area contributed by atoms with Crippen molar-refractivity contribution in [3.05, 3.63) is 65.7 Å². The lowest BCUT2D eigenvalue weighted by Gasteiger charge is -2.25. The molecule has 0 saturated carbocycles. The molecule has 0 bridgehead atoms. The number of rotatable bonds is 8. The van der Waals surface area contributed by atoms with Crippen molar-refractivity contribution in [3.63, 3.8) is 0 Å². The smallest absolute Gasteiger partial charge is 0.222 e. The third kappa shape index (κ3) is 4.48. The van der Waals surface area contributed by atoms with E-state index >= 15 is 0 Å². The van der Waals surface area contributed by atoms with Crippen molar-refractivity contribution in [3.8, 4) is 0 Å². The fourth-order valence-corrected chi connectivity index (χ4v) is 4.14. The van der Waals surface area contributed by atoms with Crippen molar-refractivity contribution >= 4 is 16.9 Å². The molecule has 1 fully saturated rings. The Kier molecular flexibility index (Phi) is 5.90. The molecule has 2 heterocycles. The first kappa shape index (κ1) is 19.6. The summed E-state index contributed by atoms with van der Waals surface area (Å²) >= 11 is 0. The van der Waals surface area contributed by atoms with Gasteiger partial charge in [-0.2, -0.15) is 0 Å². The van der Waals surface area contributed by atoms with Crippen LogP contribution in [0.5, 0.6) is 0 Å². The van der Waals surface area contributed by atoms with Crippen LogP contribution in [0.15, 0.2) is 48.5 Å². The van der Waals surface area contributed by atoms with Gasteiger partial charge in [-0.3, -0.25) is 4.79 Å². The number of likely N-dealkylation sites (tertiary alicyclic amines) is 1. The van der Waals surface area contributed by atoms with Gasteiger partial charge in [-0.15, -0.1) is 0 Å². The molecule has 1 aliphatic heterocycles. The summed E-state index contributed by atoms with van der Waals surface area (Å²) in [6.45, 7) is 2.25. The molecule has 5 nitrogen and oxygen atoms in total. The number of amides is 1. The lowest BCUT2D eigenvalue weighted by molar-refractivity contribution is -0.129. The fraction of sp³-hybridized carbons (Fsp3) is 0.391. The summed E-state index contributed by atoms with van der Waals surface area (Å²) < 4.78 is 15.1. The Bertz CT molecular complexity index is 982. The van der Waals surface area contributed by atoms with Gasteiger partial charge in [-0.05, 0) is 49.2 Å². The first-order valence-corrected chi connectivity index (χ1v) is 10.3. The van der Waals surface area contributed by atoms with Crippen molar-refractivity contribution in [1.82, 2.24) is 19.8 Å². The van der Waals surface area contributed by atoms with Gasteiger partial charge in [-0.1, -0.05) is 24.3 Å². The predicted molar refractivity (Wildman–Crippen MR) is 112 cm³/mol. The third-order valence-corrected chi connectivity index (χ3v) is 5.81. The molecule has 6 heteroatoms. The molecule has 1 unspecified atom stereocenters. The molecule has 29 heavy (non-hydrogen) atoms. The summed E-state index contributed by atoms with van der Waals surface area (Å²) in [7, 11) is 2.04. The molecule has 2 aromatic carbocycles. The number of carbonyl (C=O) groups is 1. The molecule has 1 amide bonds. The fourth-order valence-electron chi connectivity index (χ4n) is 4.14. The van der Waals surface area contributed by atoms with Crippen molar-refractivity contribution in [1.29, 1.82) is 0 Å². The highest BCUT2D eigenvalue weighted by Crippen LogP contribution is 2.22. The van der Waals surface area contributed by atoms with Gasteiger partial charge in [0.25, 0.3) is 0 Å². The minimum Gasteiger partial charge on any atom is -0.339 e. The van der Waals surface area contributed by atoms with E-state index in [4.69, 9.17) is 4.98 Å². The molecule has 1 saturated heterocycles. The lowest BCUT2D eigenvalue weighted by Crippen LogP contribution is -2.36. The number of hydrogen-bond donors (Lipinski definition) is 1. The molecular formula is C23H27FN4O. The van der Waals surface area contributed by atoms with Gasteiger partial charge < -0.3 is 14.8 Å². The van der Waals surface area contributed by atoms with Gasteiger partial charge in [0.05, 0.1) is 11.0 Å². The van der Waals surface area contributed by atoms with E-state index in [1.54, 1.807) is 12.1 Å². The van der Waals surface area contributed by atoms with E-state index < -0.39 is 0 Å². The van der Waals surface area contributed by atoms with Crippen LogP contribution in [0.4, 0.5) is 4.39 Å². The van der Waals surface area contributed by atoms with Crippen LogP contribution >= 0.6 is 0 Å². The van der Waals surface area contributed by atoms with E-state index in [-0.39, 0.29) is 17.8 Å². The zero-order chi connectivity index (χ0) is 20.2. The summed E-state index contributed by atoms with van der Waals surface area (Å²) in [5.41, 5.74) is 3.18. The molecule has 0 radical (unpaired) electrons. The number of benzene rings is 2. The van der Waals surface area contributed by atoms with E-state index in [2.05, 4.69) is 16.0 Å². The van der Waals surface area contributed by atoms with Gasteiger partial charge in [0.15, 0.2) is 0 Å². The second kappa shape index (κ2) is 8.74. The van der Waals surface area contributed by atoms with Crippen molar-refractivity contribution < 1.29 is 9.18 Å². The van der Waals surface area contributed by atoms with Crippen LogP contribution in [0, 0.1) is 5.82 Å². The number of nitrogens with zero attached hydrogens (tertiary/aromatic N) is 3. The Hall–Kier alpha value is -2.73. The molecule has 1 atom stereocenters. The molecule has 1 aliphatic rings. The Morgan fingerprint density at radius 1 is 1.17 bits per heavy atom. The van der Waals surface area contributed by atoms with Crippen LogP contribution in [0.1, 0.15) is 30.7 Å². The van der Waals surface area contributed by atoms with E-state index in [1.807, 2.05) is 30.1 Å². The summed E-state index contributed by atoms with van der Waals surface area (Å²) in [6, 6.07) is 14.9. The number of hydrogen-bond acceptors (Lipinski definition) is 3. The highest BCUT2D eigenvalue weighted by atomic mass is 19.1. The number of carbonyl (C=O) groups excluding carboxylic acids is 1. The zero-order valence-electron chi connectivity index (χ0n) is 16.8. The number of para-hydroxylation sites is 2. The molecule has 4 rings (SSSR count). The number of aromatic nitrogens is 2. The Labute approximate surface area is 170 Å². The summed E-state index contributed by atoms with van der Waals surface area (Å²) in [4.78, 5) is 19.1. The van der Waals surface area contributed by atoms with E-state index in [9.17, 15) is 9.18 Å². The summed E-state index contributed by atoms with van der Waals surface area (Å²) in [5.74, 6) is 1.04. The maximum Gasteiger partial charge on any atom is 0.222 e. The second-order valence-corrected chi connectivity index (χ2v) is 7.70. The van der Waals surface area contributed by atoms with Crippen molar-refractivity contribution in [2.75, 3.05) is 13.1 Å². The molecule has 1 aromatic heterocycles. The number of fused-ring (bicyclic) bond motifs is 1. The maximum atomic E-state index is 13.0. The van der Waals surface area contributed by atoms with Gasteiger partial charge in [0.2, 0.25) is 5.91 Å². The number of aryl methyl sites for hydroxylation is 1. The normalized spacial score (nSPS) is 16.8. The Morgan fingerprint density at radius 3 is 2.76 bits per heavy atom. The molecule has 3 aromatic rings. The summed E-state index contributed by atoms with van der Waals surface area (Å²) in [6.07, 6.45) is 3.23. The van der Waals surface area contributed by atoms with Crippen molar-refractivity contribution in [2.24, 2.45) is 7.05 Å². The van der Waals surface area contributed by atoms with E-state index in [0.717, 1.165) is 48.2 Å². The second-order valence-electron chi connectivity index (χ2n) is 7.70. The summed E-state index contributed by atoms with van der Waals surface area (Å²) in [5, 5.41) is 3.41. The van der Waals surface area contributed by atoms with Gasteiger partial charge in [0.1, 0.15) is 11.6 Å². The molecule has 152 valence electrons. The average molecular weight is 394 g/mol. The quantitative estimate of drug-likeness (QED) is 0.596. The molecule has 1 N–H and O–H groups in total. The molecular weight excluding hydrogens is 367 g/mol. The largest absolute Gasteiger partial charge is 0.339 e. The van der Waals surface area contributed by atoms with Crippen LogP contribution in [-0.2, 0) is 24.8 Å². The van der Waals surface area contributed by atoms with E-state index in [0.29, 0.717) is 19.5 Å². The predicted octanol–water partition coefficient (Wildman–Crippen LogP) is 3.43. The Morgan fingerprint density at radius 2 is 1.97 bits per heavy atom. The molecule has 0 aliphatic carbocycles.